The number of amides is 2. The molecule has 0 fully saturated rings. The Kier molecular flexibility index (Phi) is 10.5. The molecule has 0 bridgehead atoms. The maximum atomic E-state index is 14.0. The van der Waals surface area contributed by atoms with Crippen molar-refractivity contribution in [3.63, 3.8) is 0 Å². The molecule has 0 saturated carbocycles. The lowest BCUT2D eigenvalue weighted by atomic mass is 10.0. The van der Waals surface area contributed by atoms with Crippen molar-refractivity contribution in [1.29, 1.82) is 0 Å². The van der Waals surface area contributed by atoms with Gasteiger partial charge in [-0.1, -0.05) is 86.1 Å². The summed E-state index contributed by atoms with van der Waals surface area (Å²) in [6.07, 6.45) is 3.14. The molecule has 0 radical (unpaired) electrons. The Balaban J connectivity index is 2.01. The van der Waals surface area contributed by atoms with E-state index >= 15 is 0 Å². The second-order valence-electron chi connectivity index (χ2n) is 9.47. The van der Waals surface area contributed by atoms with Crippen LogP contribution in [0.25, 0.3) is 0 Å². The Hall–Kier alpha value is -3.65. The molecule has 3 aromatic rings. The smallest absolute Gasteiger partial charge is 0.244 e. The predicted molar refractivity (Wildman–Crippen MR) is 152 cm³/mol. The van der Waals surface area contributed by atoms with Crippen molar-refractivity contribution in [1.82, 2.24) is 10.2 Å². The molecule has 3 aromatic carbocycles. The zero-order valence-electron chi connectivity index (χ0n) is 22.3. The van der Waals surface area contributed by atoms with E-state index < -0.39 is 28.5 Å². The number of hydrogen-bond donors (Lipinski definition) is 1. The SMILES string of the molecule is CCCCNC(=O)[C@@H](Cc1ccccc1)N(Cc1ccccc1)C(=O)CN(c1cccc(C)c1)S(C)(=O)=O. The number of carbonyl (C=O) groups is 2. The zero-order chi connectivity index (χ0) is 27.5. The van der Waals surface area contributed by atoms with Gasteiger partial charge in [-0.15, -0.1) is 0 Å². The number of sulfonamides is 1. The largest absolute Gasteiger partial charge is 0.354 e. The van der Waals surface area contributed by atoms with Gasteiger partial charge in [-0.2, -0.15) is 0 Å². The van der Waals surface area contributed by atoms with Gasteiger partial charge in [-0.05, 0) is 42.2 Å². The lowest BCUT2D eigenvalue weighted by molar-refractivity contribution is -0.140. The summed E-state index contributed by atoms with van der Waals surface area (Å²) in [4.78, 5) is 29.0. The third-order valence-electron chi connectivity index (χ3n) is 6.27. The highest BCUT2D eigenvalue weighted by Gasteiger charge is 2.32. The molecule has 0 heterocycles. The number of rotatable bonds is 13. The fourth-order valence-electron chi connectivity index (χ4n) is 4.24. The minimum atomic E-state index is -3.77. The van der Waals surface area contributed by atoms with Gasteiger partial charge in [-0.3, -0.25) is 13.9 Å². The number of hydrogen-bond acceptors (Lipinski definition) is 4. The second kappa shape index (κ2) is 13.8. The average molecular weight is 536 g/mol. The van der Waals surface area contributed by atoms with Crippen LogP contribution in [0.5, 0.6) is 0 Å². The summed E-state index contributed by atoms with van der Waals surface area (Å²) in [5.41, 5.74) is 3.05. The van der Waals surface area contributed by atoms with Gasteiger partial charge in [0.2, 0.25) is 21.8 Å². The summed E-state index contributed by atoms with van der Waals surface area (Å²) in [6.45, 7) is 4.17. The van der Waals surface area contributed by atoms with E-state index in [-0.39, 0.29) is 12.5 Å². The maximum absolute atomic E-state index is 14.0. The summed E-state index contributed by atoms with van der Waals surface area (Å²) in [5, 5.41) is 2.98. The third kappa shape index (κ3) is 8.45. The monoisotopic (exact) mass is 535 g/mol. The molecule has 0 aliphatic carbocycles. The van der Waals surface area contributed by atoms with Crippen molar-refractivity contribution in [3.8, 4) is 0 Å². The summed E-state index contributed by atoms with van der Waals surface area (Å²) in [6, 6.07) is 25.2. The van der Waals surface area contributed by atoms with Crippen molar-refractivity contribution in [2.45, 2.75) is 45.7 Å². The molecule has 0 unspecified atom stereocenters. The van der Waals surface area contributed by atoms with Crippen molar-refractivity contribution in [3.05, 3.63) is 102 Å². The highest BCUT2D eigenvalue weighted by Crippen LogP contribution is 2.21. The Morgan fingerprint density at radius 2 is 1.53 bits per heavy atom. The Bertz CT molecular complexity index is 1300. The fraction of sp³-hybridized carbons (Fsp3) is 0.333. The molecule has 8 heteroatoms. The Labute approximate surface area is 226 Å². The van der Waals surface area contributed by atoms with E-state index in [0.717, 1.165) is 40.1 Å². The molecule has 1 N–H and O–H groups in total. The molecule has 0 aliphatic rings. The lowest BCUT2D eigenvalue weighted by Gasteiger charge is -2.33. The van der Waals surface area contributed by atoms with E-state index in [2.05, 4.69) is 5.32 Å². The first-order valence-corrected chi connectivity index (χ1v) is 14.7. The number of benzene rings is 3. The topological polar surface area (TPSA) is 86.8 Å². The highest BCUT2D eigenvalue weighted by atomic mass is 32.2. The molecular formula is C30H37N3O4S. The van der Waals surface area contributed by atoms with E-state index in [4.69, 9.17) is 0 Å². The van der Waals surface area contributed by atoms with E-state index in [1.165, 1.54) is 4.90 Å². The summed E-state index contributed by atoms with van der Waals surface area (Å²) in [7, 11) is -3.77. The van der Waals surface area contributed by atoms with Crippen LogP contribution in [-0.2, 0) is 32.6 Å². The van der Waals surface area contributed by atoms with Gasteiger partial charge < -0.3 is 10.2 Å². The maximum Gasteiger partial charge on any atom is 0.244 e. The predicted octanol–water partition coefficient (Wildman–Crippen LogP) is 4.32. The molecule has 38 heavy (non-hydrogen) atoms. The average Bonchev–Trinajstić information content (AvgIpc) is 2.89. The van der Waals surface area contributed by atoms with E-state index in [1.54, 1.807) is 18.2 Å². The number of nitrogens with one attached hydrogen (secondary N) is 1. The minimum Gasteiger partial charge on any atom is -0.354 e. The molecule has 0 aromatic heterocycles. The van der Waals surface area contributed by atoms with Gasteiger partial charge in [0.05, 0.1) is 11.9 Å². The molecule has 0 aliphatic heterocycles. The summed E-state index contributed by atoms with van der Waals surface area (Å²) >= 11 is 0. The third-order valence-corrected chi connectivity index (χ3v) is 7.41. The molecule has 202 valence electrons. The molecular weight excluding hydrogens is 498 g/mol. The number of aryl methyl sites for hydroxylation is 1. The number of anilines is 1. The van der Waals surface area contributed by atoms with Crippen LogP contribution in [0, 0.1) is 6.92 Å². The normalized spacial score (nSPS) is 12.0. The minimum absolute atomic E-state index is 0.170. The van der Waals surface area contributed by atoms with Crippen molar-refractivity contribution < 1.29 is 18.0 Å². The standard InChI is InChI=1S/C30H37N3O4S/c1-4-5-19-31-30(35)28(21-25-14-8-6-9-15-25)32(22-26-16-10-7-11-17-26)29(34)23-33(38(3,36)37)27-18-12-13-24(2)20-27/h6-18,20,28H,4-5,19,21-23H2,1-3H3,(H,31,35)/t28-/m1/s1. The number of unbranched alkanes of at least 4 members (excludes halogenated alkanes) is 1. The van der Waals surface area contributed by atoms with Crippen LogP contribution in [0.2, 0.25) is 0 Å². The van der Waals surface area contributed by atoms with E-state index in [1.807, 2.05) is 80.6 Å². The Morgan fingerprint density at radius 1 is 0.895 bits per heavy atom. The van der Waals surface area contributed by atoms with Crippen LogP contribution in [0.3, 0.4) is 0 Å². The van der Waals surface area contributed by atoms with Crippen LogP contribution in [-0.4, -0.2) is 50.5 Å². The van der Waals surface area contributed by atoms with Crippen LogP contribution >= 0.6 is 0 Å². The fourth-order valence-corrected chi connectivity index (χ4v) is 5.08. The second-order valence-corrected chi connectivity index (χ2v) is 11.4. The summed E-state index contributed by atoms with van der Waals surface area (Å²) < 4.78 is 26.7. The molecule has 7 nitrogen and oxygen atoms in total. The highest BCUT2D eigenvalue weighted by molar-refractivity contribution is 7.92. The van der Waals surface area contributed by atoms with E-state index in [9.17, 15) is 18.0 Å². The Morgan fingerprint density at radius 3 is 2.11 bits per heavy atom. The first kappa shape index (κ1) is 28.9. The molecule has 2 amide bonds. The van der Waals surface area contributed by atoms with Gasteiger partial charge in [0.1, 0.15) is 12.6 Å². The van der Waals surface area contributed by atoms with Crippen molar-refractivity contribution in [2.75, 3.05) is 23.7 Å². The van der Waals surface area contributed by atoms with Crippen LogP contribution in [0.4, 0.5) is 5.69 Å². The van der Waals surface area contributed by atoms with Crippen LogP contribution < -0.4 is 9.62 Å². The van der Waals surface area contributed by atoms with E-state index in [0.29, 0.717) is 18.7 Å². The number of nitrogens with zero attached hydrogens (tertiary/aromatic N) is 2. The van der Waals surface area contributed by atoms with Gasteiger partial charge in [0.25, 0.3) is 0 Å². The molecule has 3 rings (SSSR count). The van der Waals surface area contributed by atoms with Gasteiger partial charge in [0.15, 0.2) is 0 Å². The van der Waals surface area contributed by atoms with Gasteiger partial charge >= 0.3 is 0 Å². The quantitative estimate of drug-likeness (QED) is 0.330. The van der Waals surface area contributed by atoms with Crippen LogP contribution in [0.15, 0.2) is 84.9 Å². The summed E-state index contributed by atoms with van der Waals surface area (Å²) in [5.74, 6) is -0.708. The van der Waals surface area contributed by atoms with Crippen molar-refractivity contribution >= 4 is 27.5 Å². The van der Waals surface area contributed by atoms with Crippen molar-refractivity contribution in [2.24, 2.45) is 0 Å². The lowest BCUT2D eigenvalue weighted by Crippen LogP contribution is -2.53. The van der Waals surface area contributed by atoms with Gasteiger partial charge in [-0.25, -0.2) is 8.42 Å². The number of carbonyl (C=O) groups excluding carboxylic acids is 2. The zero-order valence-corrected chi connectivity index (χ0v) is 23.2. The molecule has 1 atom stereocenters. The van der Waals surface area contributed by atoms with Crippen LogP contribution in [0.1, 0.15) is 36.5 Å². The molecule has 0 saturated heterocycles. The first-order valence-electron chi connectivity index (χ1n) is 12.9. The van der Waals surface area contributed by atoms with Gasteiger partial charge in [0, 0.05) is 19.5 Å². The molecule has 0 spiro atoms. The first-order chi connectivity index (χ1) is 18.2.